The van der Waals surface area contributed by atoms with Crippen LogP contribution in [0.5, 0.6) is 5.75 Å². The molecule has 1 rings (SSSR count). The molecule has 0 saturated carbocycles. The van der Waals surface area contributed by atoms with Gasteiger partial charge in [0, 0.05) is 6.54 Å². The van der Waals surface area contributed by atoms with Crippen molar-refractivity contribution >= 4 is 5.69 Å². The summed E-state index contributed by atoms with van der Waals surface area (Å²) < 4.78 is 5.82. The molecule has 0 aliphatic carbocycles. The molecule has 2 nitrogen and oxygen atoms in total. The number of anilines is 1. The Bertz CT molecular complexity index is 289. The summed E-state index contributed by atoms with van der Waals surface area (Å²) in [5.74, 6) is 0.918. The molecule has 2 heteroatoms. The van der Waals surface area contributed by atoms with Gasteiger partial charge in [0.2, 0.25) is 0 Å². The summed E-state index contributed by atoms with van der Waals surface area (Å²) in [5, 5.41) is 3.27. The van der Waals surface area contributed by atoms with E-state index in [1.807, 2.05) is 24.3 Å². The lowest BCUT2D eigenvalue weighted by atomic mass is 10.2. The summed E-state index contributed by atoms with van der Waals surface area (Å²) in [4.78, 5) is 0. The molecule has 1 aromatic carbocycles. The number of nitrogens with one attached hydrogen (secondary N) is 1. The molecule has 0 radical (unpaired) electrons. The minimum absolute atomic E-state index is 0.147. The van der Waals surface area contributed by atoms with Gasteiger partial charge < -0.3 is 10.1 Å². The van der Waals surface area contributed by atoms with E-state index in [1.54, 1.807) is 0 Å². The molecular formula is C12H19NO. The molecule has 0 fully saturated rings. The molecule has 0 aliphatic heterocycles. The van der Waals surface area contributed by atoms with E-state index < -0.39 is 0 Å². The van der Waals surface area contributed by atoms with Gasteiger partial charge in [0.05, 0.1) is 5.69 Å². The summed E-state index contributed by atoms with van der Waals surface area (Å²) in [7, 11) is 0. The van der Waals surface area contributed by atoms with E-state index in [-0.39, 0.29) is 5.60 Å². The van der Waals surface area contributed by atoms with Gasteiger partial charge in [0.1, 0.15) is 11.4 Å². The summed E-state index contributed by atoms with van der Waals surface area (Å²) in [5.41, 5.74) is 0.913. The Labute approximate surface area is 86.3 Å². The van der Waals surface area contributed by atoms with Gasteiger partial charge in [-0.05, 0) is 39.8 Å². The van der Waals surface area contributed by atoms with Crippen molar-refractivity contribution in [2.24, 2.45) is 0 Å². The Hall–Kier alpha value is -1.18. The molecule has 0 amide bonds. The summed E-state index contributed by atoms with van der Waals surface area (Å²) in [6.07, 6.45) is 0. The van der Waals surface area contributed by atoms with Crippen LogP contribution in [0.2, 0.25) is 0 Å². The van der Waals surface area contributed by atoms with Crippen molar-refractivity contribution in [1.82, 2.24) is 0 Å². The number of para-hydroxylation sites is 2. The lowest BCUT2D eigenvalue weighted by molar-refractivity contribution is 0.132. The van der Waals surface area contributed by atoms with Crippen LogP contribution in [0.15, 0.2) is 24.3 Å². The van der Waals surface area contributed by atoms with Crippen LogP contribution in [-0.2, 0) is 0 Å². The van der Waals surface area contributed by atoms with Gasteiger partial charge in [0.15, 0.2) is 0 Å². The zero-order valence-electron chi connectivity index (χ0n) is 9.42. The Kier molecular flexibility index (Phi) is 3.39. The molecule has 0 saturated heterocycles. The van der Waals surface area contributed by atoms with Crippen LogP contribution >= 0.6 is 0 Å². The topological polar surface area (TPSA) is 21.3 Å². The Morgan fingerprint density at radius 1 is 1.21 bits per heavy atom. The lowest BCUT2D eigenvalue weighted by Crippen LogP contribution is -2.23. The van der Waals surface area contributed by atoms with Crippen molar-refractivity contribution in [1.29, 1.82) is 0 Å². The van der Waals surface area contributed by atoms with Crippen molar-refractivity contribution in [3.8, 4) is 5.75 Å². The second kappa shape index (κ2) is 4.36. The molecule has 14 heavy (non-hydrogen) atoms. The van der Waals surface area contributed by atoms with E-state index in [9.17, 15) is 0 Å². The van der Waals surface area contributed by atoms with Gasteiger partial charge >= 0.3 is 0 Å². The molecule has 0 atom stereocenters. The number of ether oxygens (including phenoxy) is 1. The molecule has 0 bridgehead atoms. The fraction of sp³-hybridized carbons (Fsp3) is 0.500. The van der Waals surface area contributed by atoms with Gasteiger partial charge in [-0.25, -0.2) is 0 Å². The second-order valence-corrected chi connectivity index (χ2v) is 4.24. The van der Waals surface area contributed by atoms with Crippen LogP contribution in [0.4, 0.5) is 5.69 Å². The standard InChI is InChI=1S/C12H19NO/c1-5-13-10-8-6-7-9-11(10)14-12(2,3)4/h6-9,13H,5H2,1-4H3. The van der Waals surface area contributed by atoms with Crippen molar-refractivity contribution in [3.05, 3.63) is 24.3 Å². The zero-order chi connectivity index (χ0) is 10.6. The first-order valence-corrected chi connectivity index (χ1v) is 5.05. The minimum atomic E-state index is -0.147. The highest BCUT2D eigenvalue weighted by Crippen LogP contribution is 2.27. The van der Waals surface area contributed by atoms with Crippen molar-refractivity contribution < 1.29 is 4.74 Å². The van der Waals surface area contributed by atoms with E-state index in [4.69, 9.17) is 4.74 Å². The molecule has 0 aromatic heterocycles. The summed E-state index contributed by atoms with van der Waals surface area (Å²) in [6, 6.07) is 8.02. The maximum atomic E-state index is 5.82. The molecule has 0 unspecified atom stereocenters. The van der Waals surface area contributed by atoms with Crippen LogP contribution in [0.25, 0.3) is 0 Å². The monoisotopic (exact) mass is 193 g/mol. The molecule has 0 spiro atoms. The highest BCUT2D eigenvalue weighted by Gasteiger charge is 2.13. The van der Waals surface area contributed by atoms with E-state index in [1.165, 1.54) is 0 Å². The Balaban J connectivity index is 2.84. The SMILES string of the molecule is CCNc1ccccc1OC(C)(C)C. The third-order valence-corrected chi connectivity index (χ3v) is 1.67. The zero-order valence-corrected chi connectivity index (χ0v) is 9.42. The summed E-state index contributed by atoms with van der Waals surface area (Å²) in [6.45, 7) is 9.14. The lowest BCUT2D eigenvalue weighted by Gasteiger charge is -2.23. The average Bonchev–Trinajstić information content (AvgIpc) is 2.06. The van der Waals surface area contributed by atoms with Crippen molar-refractivity contribution in [3.63, 3.8) is 0 Å². The number of benzene rings is 1. The van der Waals surface area contributed by atoms with Crippen LogP contribution < -0.4 is 10.1 Å². The van der Waals surface area contributed by atoms with Gasteiger partial charge in [-0.3, -0.25) is 0 Å². The van der Waals surface area contributed by atoms with Gasteiger partial charge in [-0.1, -0.05) is 12.1 Å². The Morgan fingerprint density at radius 2 is 1.86 bits per heavy atom. The average molecular weight is 193 g/mol. The van der Waals surface area contributed by atoms with Crippen molar-refractivity contribution in [2.75, 3.05) is 11.9 Å². The van der Waals surface area contributed by atoms with E-state index in [0.717, 1.165) is 18.0 Å². The maximum absolute atomic E-state index is 5.82. The minimum Gasteiger partial charge on any atom is -0.486 e. The van der Waals surface area contributed by atoms with Gasteiger partial charge in [0.25, 0.3) is 0 Å². The fourth-order valence-corrected chi connectivity index (χ4v) is 1.22. The van der Waals surface area contributed by atoms with E-state index >= 15 is 0 Å². The number of rotatable bonds is 3. The number of hydrogen-bond acceptors (Lipinski definition) is 2. The molecule has 0 heterocycles. The third kappa shape index (κ3) is 3.29. The second-order valence-electron chi connectivity index (χ2n) is 4.24. The highest BCUT2D eigenvalue weighted by molar-refractivity contribution is 5.56. The molecule has 0 aliphatic rings. The van der Waals surface area contributed by atoms with Crippen LogP contribution in [0.1, 0.15) is 27.7 Å². The predicted octanol–water partition coefficient (Wildman–Crippen LogP) is 3.30. The smallest absolute Gasteiger partial charge is 0.143 e. The molecular weight excluding hydrogens is 174 g/mol. The first kappa shape index (κ1) is 10.9. The fourth-order valence-electron chi connectivity index (χ4n) is 1.22. The van der Waals surface area contributed by atoms with Crippen LogP contribution in [0, 0.1) is 0 Å². The Morgan fingerprint density at radius 3 is 2.43 bits per heavy atom. The van der Waals surface area contributed by atoms with E-state index in [2.05, 4.69) is 33.0 Å². The normalized spacial score (nSPS) is 11.1. The van der Waals surface area contributed by atoms with Crippen molar-refractivity contribution in [2.45, 2.75) is 33.3 Å². The highest BCUT2D eigenvalue weighted by atomic mass is 16.5. The predicted molar refractivity (Wildman–Crippen MR) is 61.0 cm³/mol. The molecule has 1 N–H and O–H groups in total. The largest absolute Gasteiger partial charge is 0.486 e. The van der Waals surface area contributed by atoms with Gasteiger partial charge in [-0.15, -0.1) is 0 Å². The first-order valence-electron chi connectivity index (χ1n) is 5.05. The van der Waals surface area contributed by atoms with E-state index in [0.29, 0.717) is 0 Å². The van der Waals surface area contributed by atoms with Crippen LogP contribution in [-0.4, -0.2) is 12.1 Å². The first-order chi connectivity index (χ1) is 6.53. The maximum Gasteiger partial charge on any atom is 0.143 e. The third-order valence-electron chi connectivity index (χ3n) is 1.67. The molecule has 1 aromatic rings. The van der Waals surface area contributed by atoms with Gasteiger partial charge in [-0.2, -0.15) is 0 Å². The quantitative estimate of drug-likeness (QED) is 0.795. The molecule has 78 valence electrons. The number of hydrogen-bond donors (Lipinski definition) is 1. The van der Waals surface area contributed by atoms with Crippen LogP contribution in [0.3, 0.4) is 0 Å². The summed E-state index contributed by atoms with van der Waals surface area (Å²) >= 11 is 0.